The lowest BCUT2D eigenvalue weighted by molar-refractivity contribution is -0.116. The van der Waals surface area contributed by atoms with Gasteiger partial charge in [-0.2, -0.15) is 0 Å². The number of fused-ring (bicyclic) bond motifs is 1. The van der Waals surface area contributed by atoms with Crippen LogP contribution in [0, 0.1) is 0 Å². The second kappa shape index (κ2) is 6.18. The minimum atomic E-state index is 0.0268. The molecule has 4 heteroatoms. The molecule has 4 nitrogen and oxygen atoms in total. The Morgan fingerprint density at radius 2 is 2.21 bits per heavy atom. The molecule has 1 heterocycles. The van der Waals surface area contributed by atoms with Gasteiger partial charge in [-0.15, -0.1) is 0 Å². The van der Waals surface area contributed by atoms with Crippen LogP contribution < -0.4 is 10.1 Å². The van der Waals surface area contributed by atoms with Crippen molar-refractivity contribution in [3.05, 3.63) is 30.5 Å². The first-order valence-electron chi connectivity index (χ1n) is 6.47. The van der Waals surface area contributed by atoms with Crippen LogP contribution in [0.4, 0.5) is 5.69 Å². The third-order valence-electron chi connectivity index (χ3n) is 2.98. The Hall–Kier alpha value is -2.10. The van der Waals surface area contributed by atoms with Crippen molar-refractivity contribution in [3.63, 3.8) is 0 Å². The second-order valence-electron chi connectivity index (χ2n) is 4.37. The Morgan fingerprint density at radius 3 is 2.95 bits per heavy atom. The topological polar surface area (TPSA) is 51.2 Å². The van der Waals surface area contributed by atoms with Crippen LogP contribution in [0.3, 0.4) is 0 Å². The van der Waals surface area contributed by atoms with Crippen molar-refractivity contribution in [1.82, 2.24) is 4.98 Å². The molecular weight excluding hydrogens is 240 g/mol. The number of hydrogen-bond donors (Lipinski definition) is 1. The molecule has 0 saturated carbocycles. The molecule has 19 heavy (non-hydrogen) atoms. The molecule has 1 amide bonds. The Balaban J connectivity index is 2.31. The number of carbonyl (C=O) groups is 1. The van der Waals surface area contributed by atoms with E-state index in [4.69, 9.17) is 4.74 Å². The zero-order valence-corrected chi connectivity index (χ0v) is 11.3. The van der Waals surface area contributed by atoms with E-state index in [1.165, 1.54) is 0 Å². The number of nitrogens with one attached hydrogen (secondary N) is 1. The number of hydrogen-bond acceptors (Lipinski definition) is 3. The number of anilines is 1. The number of carbonyl (C=O) groups excluding carboxylic acids is 1. The van der Waals surface area contributed by atoms with Gasteiger partial charge in [-0.05, 0) is 30.7 Å². The number of unbranched alkanes of at least 4 members (excludes halogenated alkanes) is 1. The summed E-state index contributed by atoms with van der Waals surface area (Å²) < 4.78 is 5.30. The smallest absolute Gasteiger partial charge is 0.224 e. The van der Waals surface area contributed by atoms with Gasteiger partial charge in [0.25, 0.3) is 0 Å². The van der Waals surface area contributed by atoms with Crippen LogP contribution in [0.2, 0.25) is 0 Å². The highest BCUT2D eigenvalue weighted by molar-refractivity contribution is 6.02. The first-order chi connectivity index (χ1) is 9.26. The van der Waals surface area contributed by atoms with Gasteiger partial charge in [0.2, 0.25) is 5.91 Å². The standard InChI is InChI=1S/C15H18N2O2/c1-3-4-7-14(18)17-12-8-9-13(19-2)11-6-5-10-16-15(11)12/h5-6,8-10H,3-4,7H2,1-2H3,(H,17,18). The molecule has 0 aliphatic rings. The quantitative estimate of drug-likeness (QED) is 0.894. The van der Waals surface area contributed by atoms with E-state index in [9.17, 15) is 4.79 Å². The normalized spacial score (nSPS) is 10.4. The molecule has 0 bridgehead atoms. The SMILES string of the molecule is CCCCC(=O)Nc1ccc(OC)c2cccnc12. The molecule has 0 aliphatic carbocycles. The van der Waals surface area contributed by atoms with Gasteiger partial charge in [-0.1, -0.05) is 13.3 Å². The summed E-state index contributed by atoms with van der Waals surface area (Å²) in [5, 5.41) is 3.82. The van der Waals surface area contributed by atoms with Crippen LogP contribution in [0.15, 0.2) is 30.5 Å². The number of methoxy groups -OCH3 is 1. The molecule has 100 valence electrons. The van der Waals surface area contributed by atoms with E-state index < -0.39 is 0 Å². The second-order valence-corrected chi connectivity index (χ2v) is 4.37. The van der Waals surface area contributed by atoms with Crippen molar-refractivity contribution in [2.24, 2.45) is 0 Å². The largest absolute Gasteiger partial charge is 0.496 e. The number of ether oxygens (including phenoxy) is 1. The van der Waals surface area contributed by atoms with Crippen molar-refractivity contribution >= 4 is 22.5 Å². The van der Waals surface area contributed by atoms with Crippen LogP contribution >= 0.6 is 0 Å². The molecule has 1 aromatic carbocycles. The maximum atomic E-state index is 11.8. The molecule has 0 unspecified atom stereocenters. The van der Waals surface area contributed by atoms with E-state index in [2.05, 4.69) is 17.2 Å². The zero-order valence-electron chi connectivity index (χ0n) is 11.3. The summed E-state index contributed by atoms with van der Waals surface area (Å²) in [6.45, 7) is 2.07. The fourth-order valence-corrected chi connectivity index (χ4v) is 1.98. The summed E-state index contributed by atoms with van der Waals surface area (Å²) in [6, 6.07) is 7.47. The molecule has 2 aromatic rings. The minimum absolute atomic E-state index is 0.0268. The van der Waals surface area contributed by atoms with Crippen molar-refractivity contribution in [2.45, 2.75) is 26.2 Å². The number of nitrogens with zero attached hydrogens (tertiary/aromatic N) is 1. The van der Waals surface area contributed by atoms with E-state index in [1.54, 1.807) is 13.3 Å². The lowest BCUT2D eigenvalue weighted by Gasteiger charge is -2.10. The lowest BCUT2D eigenvalue weighted by Crippen LogP contribution is -2.11. The molecule has 0 atom stereocenters. The van der Waals surface area contributed by atoms with Crippen LogP contribution in [0.1, 0.15) is 26.2 Å². The van der Waals surface area contributed by atoms with Crippen molar-refractivity contribution in [3.8, 4) is 5.75 Å². The Bertz CT molecular complexity index is 581. The molecule has 1 aromatic heterocycles. The fourth-order valence-electron chi connectivity index (χ4n) is 1.98. The Kier molecular flexibility index (Phi) is 4.34. The van der Waals surface area contributed by atoms with Gasteiger partial charge in [-0.3, -0.25) is 9.78 Å². The Labute approximate surface area is 112 Å². The molecule has 0 fully saturated rings. The number of aromatic nitrogens is 1. The minimum Gasteiger partial charge on any atom is -0.496 e. The van der Waals surface area contributed by atoms with Crippen molar-refractivity contribution in [2.75, 3.05) is 12.4 Å². The molecule has 0 aliphatic heterocycles. The highest BCUT2D eigenvalue weighted by atomic mass is 16.5. The average Bonchev–Trinajstić information content (AvgIpc) is 2.45. The van der Waals surface area contributed by atoms with Gasteiger partial charge in [0, 0.05) is 18.0 Å². The summed E-state index contributed by atoms with van der Waals surface area (Å²) >= 11 is 0. The van der Waals surface area contributed by atoms with Crippen LogP contribution in [0.5, 0.6) is 5.75 Å². The maximum absolute atomic E-state index is 11.8. The molecule has 1 N–H and O–H groups in total. The maximum Gasteiger partial charge on any atom is 0.224 e. The van der Waals surface area contributed by atoms with E-state index in [0.29, 0.717) is 6.42 Å². The number of pyridine rings is 1. The summed E-state index contributed by atoms with van der Waals surface area (Å²) in [5.41, 5.74) is 1.49. The van der Waals surface area contributed by atoms with E-state index >= 15 is 0 Å². The number of amides is 1. The van der Waals surface area contributed by atoms with Gasteiger partial charge in [-0.25, -0.2) is 0 Å². The van der Waals surface area contributed by atoms with Crippen molar-refractivity contribution < 1.29 is 9.53 Å². The van der Waals surface area contributed by atoms with Crippen LogP contribution in [-0.4, -0.2) is 18.0 Å². The van der Waals surface area contributed by atoms with Gasteiger partial charge in [0.15, 0.2) is 0 Å². The Morgan fingerprint density at radius 1 is 1.37 bits per heavy atom. The van der Waals surface area contributed by atoms with E-state index in [-0.39, 0.29) is 5.91 Å². The van der Waals surface area contributed by atoms with E-state index in [0.717, 1.165) is 35.2 Å². The van der Waals surface area contributed by atoms with Gasteiger partial charge in [0.1, 0.15) is 5.75 Å². The number of benzene rings is 1. The average molecular weight is 258 g/mol. The molecular formula is C15H18N2O2. The first kappa shape index (κ1) is 13.3. The van der Waals surface area contributed by atoms with Gasteiger partial charge in [0.05, 0.1) is 18.3 Å². The molecule has 0 radical (unpaired) electrons. The van der Waals surface area contributed by atoms with E-state index in [1.807, 2.05) is 24.3 Å². The van der Waals surface area contributed by atoms with Crippen LogP contribution in [0.25, 0.3) is 10.9 Å². The van der Waals surface area contributed by atoms with Crippen molar-refractivity contribution in [1.29, 1.82) is 0 Å². The third kappa shape index (κ3) is 3.02. The summed E-state index contributed by atoms with van der Waals surface area (Å²) in [7, 11) is 1.63. The van der Waals surface area contributed by atoms with Gasteiger partial charge < -0.3 is 10.1 Å². The summed E-state index contributed by atoms with van der Waals surface area (Å²) in [4.78, 5) is 16.1. The molecule has 2 rings (SSSR count). The predicted molar refractivity (Wildman–Crippen MR) is 76.4 cm³/mol. The van der Waals surface area contributed by atoms with Crippen LogP contribution in [-0.2, 0) is 4.79 Å². The molecule has 0 spiro atoms. The summed E-state index contributed by atoms with van der Waals surface area (Å²) in [6.07, 6.45) is 4.16. The zero-order chi connectivity index (χ0) is 13.7. The third-order valence-corrected chi connectivity index (χ3v) is 2.98. The summed E-state index contributed by atoms with van der Waals surface area (Å²) in [5.74, 6) is 0.786. The fraction of sp³-hybridized carbons (Fsp3) is 0.333. The number of rotatable bonds is 5. The first-order valence-corrected chi connectivity index (χ1v) is 6.47. The highest BCUT2D eigenvalue weighted by Crippen LogP contribution is 2.29. The molecule has 0 saturated heterocycles. The monoisotopic (exact) mass is 258 g/mol. The van der Waals surface area contributed by atoms with Gasteiger partial charge >= 0.3 is 0 Å². The highest BCUT2D eigenvalue weighted by Gasteiger charge is 2.09. The predicted octanol–water partition coefficient (Wildman–Crippen LogP) is 3.37. The lowest BCUT2D eigenvalue weighted by atomic mass is 10.1.